The van der Waals surface area contributed by atoms with Crippen molar-refractivity contribution in [3.8, 4) is 0 Å². The van der Waals surface area contributed by atoms with Crippen molar-refractivity contribution in [1.82, 2.24) is 5.32 Å². The molecule has 1 aliphatic heterocycles. The number of carbonyl (C=O) groups is 1. The summed E-state index contributed by atoms with van der Waals surface area (Å²) in [5, 5.41) is 2.92. The zero-order valence-corrected chi connectivity index (χ0v) is 11.9. The van der Waals surface area contributed by atoms with E-state index in [1.165, 1.54) is 0 Å². The van der Waals surface area contributed by atoms with Crippen LogP contribution >= 0.6 is 0 Å². The van der Waals surface area contributed by atoms with Crippen molar-refractivity contribution in [3.63, 3.8) is 0 Å². The molecule has 0 spiro atoms. The Labute approximate surface area is 119 Å². The summed E-state index contributed by atoms with van der Waals surface area (Å²) < 4.78 is 10.3. The van der Waals surface area contributed by atoms with E-state index in [2.05, 4.69) is 5.32 Å². The third-order valence-corrected chi connectivity index (χ3v) is 3.59. The third-order valence-electron chi connectivity index (χ3n) is 3.59. The van der Waals surface area contributed by atoms with Crippen LogP contribution in [0.1, 0.15) is 24.0 Å². The molecule has 0 unspecified atom stereocenters. The molecule has 1 heterocycles. The maximum absolute atomic E-state index is 12.2. The molecule has 5 nitrogen and oxygen atoms in total. The molecule has 3 N–H and O–H groups in total. The summed E-state index contributed by atoms with van der Waals surface area (Å²) in [6.07, 6.45) is 1.14. The quantitative estimate of drug-likeness (QED) is 0.841. The number of methoxy groups -OCH3 is 1. The Balaban J connectivity index is 1.91. The first-order chi connectivity index (χ1) is 9.64. The molecule has 1 fully saturated rings. The molecular formula is C15H22N2O3. The monoisotopic (exact) mass is 278 g/mol. The average molecular weight is 278 g/mol. The first-order valence-electron chi connectivity index (χ1n) is 6.86. The third kappa shape index (κ3) is 3.79. The molecule has 1 saturated heterocycles. The number of carbonyl (C=O) groups excluding carboxylic acids is 1. The number of hydrogen-bond acceptors (Lipinski definition) is 4. The van der Waals surface area contributed by atoms with Crippen LogP contribution in [0, 0.1) is 0 Å². The maximum atomic E-state index is 12.2. The van der Waals surface area contributed by atoms with E-state index < -0.39 is 5.54 Å². The summed E-state index contributed by atoms with van der Waals surface area (Å²) in [6, 6.07) is 7.96. The lowest BCUT2D eigenvalue weighted by atomic mass is 9.90. The summed E-state index contributed by atoms with van der Waals surface area (Å²) in [4.78, 5) is 12.2. The smallest absolute Gasteiger partial charge is 0.240 e. The summed E-state index contributed by atoms with van der Waals surface area (Å²) in [7, 11) is 1.66. The molecule has 0 saturated carbocycles. The van der Waals surface area contributed by atoms with Gasteiger partial charge in [0.25, 0.3) is 0 Å². The number of amides is 1. The van der Waals surface area contributed by atoms with Gasteiger partial charge in [0.2, 0.25) is 5.91 Å². The van der Waals surface area contributed by atoms with Gasteiger partial charge in [-0.25, -0.2) is 0 Å². The Bertz CT molecular complexity index is 456. The van der Waals surface area contributed by atoms with Crippen molar-refractivity contribution in [2.45, 2.75) is 31.5 Å². The second kappa shape index (κ2) is 6.83. The molecule has 0 atom stereocenters. The zero-order valence-electron chi connectivity index (χ0n) is 11.9. The minimum absolute atomic E-state index is 0.0991. The van der Waals surface area contributed by atoms with Crippen molar-refractivity contribution < 1.29 is 14.3 Å². The van der Waals surface area contributed by atoms with Crippen LogP contribution in [0.5, 0.6) is 0 Å². The number of benzene rings is 1. The predicted molar refractivity (Wildman–Crippen MR) is 76.0 cm³/mol. The van der Waals surface area contributed by atoms with Crippen LogP contribution in [0.15, 0.2) is 24.3 Å². The van der Waals surface area contributed by atoms with Crippen LogP contribution < -0.4 is 11.1 Å². The zero-order chi connectivity index (χ0) is 14.4. The largest absolute Gasteiger partial charge is 0.381 e. The van der Waals surface area contributed by atoms with Gasteiger partial charge >= 0.3 is 0 Å². The summed E-state index contributed by atoms with van der Waals surface area (Å²) >= 11 is 0. The van der Waals surface area contributed by atoms with Gasteiger partial charge in [-0.2, -0.15) is 0 Å². The number of rotatable bonds is 5. The Kier molecular flexibility index (Phi) is 5.11. The molecule has 110 valence electrons. The van der Waals surface area contributed by atoms with E-state index in [9.17, 15) is 4.79 Å². The fraction of sp³-hybridized carbons (Fsp3) is 0.533. The molecule has 0 aliphatic carbocycles. The first kappa shape index (κ1) is 15.0. The van der Waals surface area contributed by atoms with Crippen molar-refractivity contribution in [2.75, 3.05) is 20.3 Å². The number of nitrogens with two attached hydrogens (primary N) is 1. The van der Waals surface area contributed by atoms with Gasteiger partial charge in [0, 0.05) is 26.9 Å². The molecule has 0 bridgehead atoms. The number of nitrogens with one attached hydrogen (secondary N) is 1. The SMILES string of the molecule is COCc1cccc(CNC(=O)C2(N)CCOCC2)c1. The van der Waals surface area contributed by atoms with Gasteiger partial charge in [0.15, 0.2) is 0 Å². The van der Waals surface area contributed by atoms with Gasteiger partial charge in [-0.3, -0.25) is 4.79 Å². The predicted octanol–water partition coefficient (Wildman–Crippen LogP) is 0.957. The van der Waals surface area contributed by atoms with Gasteiger partial charge in [-0.15, -0.1) is 0 Å². The van der Waals surface area contributed by atoms with E-state index >= 15 is 0 Å². The van der Waals surface area contributed by atoms with Crippen LogP contribution in [0.2, 0.25) is 0 Å². The highest BCUT2D eigenvalue weighted by atomic mass is 16.5. The Morgan fingerprint density at radius 2 is 2.10 bits per heavy atom. The molecular weight excluding hydrogens is 256 g/mol. The molecule has 1 aliphatic rings. The number of ether oxygens (including phenoxy) is 2. The van der Waals surface area contributed by atoms with Gasteiger partial charge < -0.3 is 20.5 Å². The normalized spacial score (nSPS) is 17.7. The molecule has 1 aromatic rings. The van der Waals surface area contributed by atoms with Crippen molar-refractivity contribution in [1.29, 1.82) is 0 Å². The van der Waals surface area contributed by atoms with Gasteiger partial charge in [-0.1, -0.05) is 24.3 Å². The van der Waals surface area contributed by atoms with E-state index in [0.29, 0.717) is 39.2 Å². The van der Waals surface area contributed by atoms with E-state index in [1.807, 2.05) is 24.3 Å². The molecule has 0 radical (unpaired) electrons. The van der Waals surface area contributed by atoms with Gasteiger partial charge in [0.05, 0.1) is 12.1 Å². The Morgan fingerprint density at radius 1 is 1.40 bits per heavy atom. The lowest BCUT2D eigenvalue weighted by Crippen LogP contribution is -2.56. The van der Waals surface area contributed by atoms with Crippen LogP contribution in [0.25, 0.3) is 0 Å². The Hall–Kier alpha value is -1.43. The van der Waals surface area contributed by atoms with Crippen LogP contribution in [-0.4, -0.2) is 31.8 Å². The van der Waals surface area contributed by atoms with Crippen molar-refractivity contribution >= 4 is 5.91 Å². The molecule has 5 heteroatoms. The molecule has 0 aromatic heterocycles. The second-order valence-electron chi connectivity index (χ2n) is 5.20. The lowest BCUT2D eigenvalue weighted by molar-refractivity contribution is -0.129. The van der Waals surface area contributed by atoms with Crippen molar-refractivity contribution in [2.24, 2.45) is 5.73 Å². The average Bonchev–Trinajstić information content (AvgIpc) is 2.46. The van der Waals surface area contributed by atoms with E-state index in [0.717, 1.165) is 11.1 Å². The summed E-state index contributed by atoms with van der Waals surface area (Å²) in [5.41, 5.74) is 7.48. The Morgan fingerprint density at radius 3 is 2.80 bits per heavy atom. The summed E-state index contributed by atoms with van der Waals surface area (Å²) in [6.45, 7) is 2.15. The molecule has 1 amide bonds. The lowest BCUT2D eigenvalue weighted by Gasteiger charge is -2.31. The minimum Gasteiger partial charge on any atom is -0.381 e. The van der Waals surface area contributed by atoms with Crippen LogP contribution in [-0.2, 0) is 27.4 Å². The van der Waals surface area contributed by atoms with Crippen LogP contribution in [0.3, 0.4) is 0 Å². The fourth-order valence-electron chi connectivity index (χ4n) is 2.32. The highest BCUT2D eigenvalue weighted by Gasteiger charge is 2.35. The highest BCUT2D eigenvalue weighted by Crippen LogP contribution is 2.18. The fourth-order valence-corrected chi connectivity index (χ4v) is 2.32. The topological polar surface area (TPSA) is 73.6 Å². The second-order valence-corrected chi connectivity index (χ2v) is 5.20. The number of hydrogen-bond donors (Lipinski definition) is 2. The highest BCUT2D eigenvalue weighted by molar-refractivity contribution is 5.86. The molecule has 1 aromatic carbocycles. The molecule has 20 heavy (non-hydrogen) atoms. The van der Waals surface area contributed by atoms with Crippen LogP contribution in [0.4, 0.5) is 0 Å². The van der Waals surface area contributed by atoms with Gasteiger partial charge in [0.1, 0.15) is 0 Å². The molecule has 2 rings (SSSR count). The van der Waals surface area contributed by atoms with Gasteiger partial charge in [-0.05, 0) is 24.0 Å². The van der Waals surface area contributed by atoms with E-state index in [4.69, 9.17) is 15.2 Å². The van der Waals surface area contributed by atoms with E-state index in [-0.39, 0.29) is 5.91 Å². The minimum atomic E-state index is -0.789. The first-order valence-corrected chi connectivity index (χ1v) is 6.86. The van der Waals surface area contributed by atoms with E-state index in [1.54, 1.807) is 7.11 Å². The standard InChI is InChI=1S/C15H22N2O3/c1-19-11-13-4-2-3-12(9-13)10-17-14(18)15(16)5-7-20-8-6-15/h2-4,9H,5-8,10-11,16H2,1H3,(H,17,18). The summed E-state index contributed by atoms with van der Waals surface area (Å²) in [5.74, 6) is -0.0991. The van der Waals surface area contributed by atoms with Crippen molar-refractivity contribution in [3.05, 3.63) is 35.4 Å². The maximum Gasteiger partial charge on any atom is 0.240 e.